The minimum absolute atomic E-state index is 0.177. The first-order valence-corrected chi connectivity index (χ1v) is 8.87. The lowest BCUT2D eigenvalue weighted by atomic mass is 10.0. The lowest BCUT2D eigenvalue weighted by Gasteiger charge is -2.20. The summed E-state index contributed by atoms with van der Waals surface area (Å²) in [6.07, 6.45) is 1.65. The summed E-state index contributed by atoms with van der Waals surface area (Å²) >= 11 is 0. The molecule has 29 heavy (non-hydrogen) atoms. The van der Waals surface area contributed by atoms with Gasteiger partial charge in [0.2, 0.25) is 0 Å². The fourth-order valence-electron chi connectivity index (χ4n) is 2.47. The van der Waals surface area contributed by atoms with Crippen LogP contribution >= 0.6 is 0 Å². The summed E-state index contributed by atoms with van der Waals surface area (Å²) in [7, 11) is 1.65. The van der Waals surface area contributed by atoms with Crippen LogP contribution in [0.15, 0.2) is 42.6 Å². The molecule has 9 heteroatoms. The smallest absolute Gasteiger partial charge is 0.329 e. The Labute approximate surface area is 167 Å². The molecule has 1 heterocycles. The van der Waals surface area contributed by atoms with Gasteiger partial charge in [-0.1, -0.05) is 13.8 Å². The van der Waals surface area contributed by atoms with Gasteiger partial charge in [-0.05, 0) is 42.3 Å². The molecule has 2 aromatic rings. The van der Waals surface area contributed by atoms with Gasteiger partial charge in [0.25, 0.3) is 17.7 Å². The van der Waals surface area contributed by atoms with E-state index in [0.717, 1.165) is 12.1 Å². The third-order valence-electron chi connectivity index (χ3n) is 4.09. The highest BCUT2D eigenvalue weighted by Gasteiger charge is 2.27. The average Bonchev–Trinajstić information content (AvgIpc) is 3.10. The van der Waals surface area contributed by atoms with Crippen LogP contribution < -0.4 is 10.6 Å². The Morgan fingerprint density at radius 1 is 1.07 bits per heavy atom. The van der Waals surface area contributed by atoms with Crippen LogP contribution in [0.4, 0.5) is 4.39 Å². The highest BCUT2D eigenvalue weighted by molar-refractivity contribution is 6.04. The quantitative estimate of drug-likeness (QED) is 0.680. The second-order valence-corrected chi connectivity index (χ2v) is 6.69. The number of esters is 1. The minimum atomic E-state index is -1.02. The maximum Gasteiger partial charge on any atom is 0.329 e. The molecule has 1 atom stereocenters. The molecule has 0 radical (unpaired) electrons. The number of ether oxygens (including phenoxy) is 1. The number of amides is 3. The third-order valence-corrected chi connectivity index (χ3v) is 4.09. The van der Waals surface area contributed by atoms with Crippen LogP contribution in [-0.2, 0) is 21.4 Å². The molecule has 2 N–H and O–H groups in total. The fourth-order valence-corrected chi connectivity index (χ4v) is 2.47. The largest absolute Gasteiger partial charge is 0.454 e. The molecule has 0 aliphatic heterocycles. The van der Waals surface area contributed by atoms with Gasteiger partial charge in [-0.3, -0.25) is 19.7 Å². The zero-order chi connectivity index (χ0) is 21.6. The van der Waals surface area contributed by atoms with Crippen molar-refractivity contribution in [3.05, 3.63) is 59.7 Å². The summed E-state index contributed by atoms with van der Waals surface area (Å²) in [5.74, 6) is -3.64. The van der Waals surface area contributed by atoms with Crippen LogP contribution in [-0.4, -0.2) is 40.9 Å². The SMILES string of the molecule is CC(C)[C@H](NC(=O)c1ccc(F)cc1)C(=O)OCC(=O)NC(=O)c1cccn1C. The number of halogens is 1. The van der Waals surface area contributed by atoms with E-state index in [1.807, 2.05) is 0 Å². The normalized spacial score (nSPS) is 11.6. The number of nitrogens with one attached hydrogen (secondary N) is 2. The zero-order valence-electron chi connectivity index (χ0n) is 16.3. The fraction of sp³-hybridized carbons (Fsp3) is 0.300. The van der Waals surface area contributed by atoms with Gasteiger partial charge in [0.05, 0.1) is 0 Å². The summed E-state index contributed by atoms with van der Waals surface area (Å²) in [4.78, 5) is 48.4. The van der Waals surface area contributed by atoms with Crippen LogP contribution in [0.25, 0.3) is 0 Å². The van der Waals surface area contributed by atoms with E-state index in [1.165, 1.54) is 22.8 Å². The van der Waals surface area contributed by atoms with Crippen molar-refractivity contribution in [2.45, 2.75) is 19.9 Å². The molecule has 1 aromatic heterocycles. The van der Waals surface area contributed by atoms with Crippen molar-refractivity contribution in [2.24, 2.45) is 13.0 Å². The third kappa shape index (κ3) is 6.00. The van der Waals surface area contributed by atoms with Crippen molar-refractivity contribution in [3.8, 4) is 0 Å². The van der Waals surface area contributed by atoms with Gasteiger partial charge in [-0.2, -0.15) is 0 Å². The van der Waals surface area contributed by atoms with Gasteiger partial charge in [-0.15, -0.1) is 0 Å². The molecule has 2 rings (SSSR count). The molecule has 0 unspecified atom stereocenters. The Morgan fingerprint density at radius 3 is 2.28 bits per heavy atom. The Hall–Kier alpha value is -3.49. The minimum Gasteiger partial charge on any atom is -0.454 e. The van der Waals surface area contributed by atoms with Crippen LogP contribution in [0.2, 0.25) is 0 Å². The number of aryl methyl sites for hydroxylation is 1. The second kappa shape index (κ2) is 9.63. The van der Waals surface area contributed by atoms with Crippen LogP contribution in [0.3, 0.4) is 0 Å². The Bertz CT molecular complexity index is 905. The number of hydrogen-bond acceptors (Lipinski definition) is 5. The van der Waals surface area contributed by atoms with Crippen molar-refractivity contribution < 1.29 is 28.3 Å². The number of carbonyl (C=O) groups excluding carboxylic acids is 4. The number of aromatic nitrogens is 1. The second-order valence-electron chi connectivity index (χ2n) is 6.69. The number of benzene rings is 1. The number of carbonyl (C=O) groups is 4. The van der Waals surface area contributed by atoms with E-state index < -0.39 is 42.2 Å². The lowest BCUT2D eigenvalue weighted by Crippen LogP contribution is -2.46. The topological polar surface area (TPSA) is 106 Å². The summed E-state index contributed by atoms with van der Waals surface area (Å²) in [5, 5.41) is 4.63. The Balaban J connectivity index is 1.91. The average molecular weight is 403 g/mol. The molecule has 8 nitrogen and oxygen atoms in total. The van der Waals surface area contributed by atoms with E-state index in [1.54, 1.807) is 33.2 Å². The number of rotatable bonds is 7. The lowest BCUT2D eigenvalue weighted by molar-refractivity contribution is -0.151. The monoisotopic (exact) mass is 403 g/mol. The Morgan fingerprint density at radius 2 is 1.72 bits per heavy atom. The summed E-state index contributed by atoms with van der Waals surface area (Å²) in [6.45, 7) is 2.70. The van der Waals surface area contributed by atoms with Crippen molar-refractivity contribution in [3.63, 3.8) is 0 Å². The first-order chi connectivity index (χ1) is 13.7. The Kier molecular flexibility index (Phi) is 7.24. The zero-order valence-corrected chi connectivity index (χ0v) is 16.3. The van der Waals surface area contributed by atoms with Crippen molar-refractivity contribution in [2.75, 3.05) is 6.61 Å². The van der Waals surface area contributed by atoms with Crippen molar-refractivity contribution >= 4 is 23.7 Å². The predicted molar refractivity (Wildman–Crippen MR) is 101 cm³/mol. The van der Waals surface area contributed by atoms with Crippen LogP contribution in [0.5, 0.6) is 0 Å². The van der Waals surface area contributed by atoms with Gasteiger partial charge < -0.3 is 14.6 Å². The van der Waals surface area contributed by atoms with E-state index in [4.69, 9.17) is 4.74 Å². The highest BCUT2D eigenvalue weighted by Crippen LogP contribution is 2.08. The first-order valence-electron chi connectivity index (χ1n) is 8.87. The van der Waals surface area contributed by atoms with E-state index in [0.29, 0.717) is 0 Å². The molecule has 3 amide bonds. The van der Waals surface area contributed by atoms with E-state index >= 15 is 0 Å². The van der Waals surface area contributed by atoms with E-state index in [2.05, 4.69) is 10.6 Å². The molecule has 0 saturated heterocycles. The molecule has 1 aromatic carbocycles. The number of imide groups is 1. The van der Waals surface area contributed by atoms with Crippen LogP contribution in [0, 0.1) is 11.7 Å². The van der Waals surface area contributed by atoms with Gasteiger partial charge in [-0.25, -0.2) is 9.18 Å². The number of nitrogens with zero attached hydrogens (tertiary/aromatic N) is 1. The van der Waals surface area contributed by atoms with Gasteiger partial charge in [0, 0.05) is 18.8 Å². The molecule has 0 aliphatic carbocycles. The van der Waals surface area contributed by atoms with Crippen LogP contribution in [0.1, 0.15) is 34.7 Å². The number of hydrogen-bond donors (Lipinski definition) is 2. The summed E-state index contributed by atoms with van der Waals surface area (Å²) < 4.78 is 19.5. The first kappa shape index (κ1) is 21.8. The molecule has 0 spiro atoms. The standard InChI is InChI=1S/C20H22FN3O5/c1-12(2)17(23-18(26)13-6-8-14(21)9-7-13)20(28)29-11-16(25)22-19(27)15-5-4-10-24(15)3/h4-10,12,17H,11H2,1-3H3,(H,23,26)(H,22,25,27)/t17-/m0/s1. The molecule has 0 aliphatic rings. The van der Waals surface area contributed by atoms with Crippen molar-refractivity contribution in [1.29, 1.82) is 0 Å². The predicted octanol–water partition coefficient (Wildman–Crippen LogP) is 1.42. The van der Waals surface area contributed by atoms with Gasteiger partial charge >= 0.3 is 5.97 Å². The molecular formula is C20H22FN3O5. The molecule has 0 bridgehead atoms. The maximum absolute atomic E-state index is 13.0. The molecule has 0 fully saturated rings. The van der Waals surface area contributed by atoms with E-state index in [-0.39, 0.29) is 17.2 Å². The molecular weight excluding hydrogens is 381 g/mol. The molecule has 0 saturated carbocycles. The van der Waals surface area contributed by atoms with Crippen molar-refractivity contribution in [1.82, 2.24) is 15.2 Å². The highest BCUT2D eigenvalue weighted by atomic mass is 19.1. The molecule has 154 valence electrons. The summed E-state index contributed by atoms with van der Waals surface area (Å²) in [6, 6.07) is 7.00. The van der Waals surface area contributed by atoms with Gasteiger partial charge in [0.1, 0.15) is 17.6 Å². The van der Waals surface area contributed by atoms with Gasteiger partial charge in [0.15, 0.2) is 6.61 Å². The maximum atomic E-state index is 13.0. The summed E-state index contributed by atoms with van der Waals surface area (Å²) in [5.41, 5.74) is 0.451. The van der Waals surface area contributed by atoms with E-state index in [9.17, 15) is 23.6 Å².